The number of carbonyl (C=O) groups excluding carboxylic acids is 2. The van der Waals surface area contributed by atoms with Crippen molar-refractivity contribution in [3.8, 4) is 5.75 Å². The lowest BCUT2D eigenvalue weighted by Gasteiger charge is -2.42. The van der Waals surface area contributed by atoms with E-state index in [0.29, 0.717) is 37.8 Å². The van der Waals surface area contributed by atoms with Gasteiger partial charge in [0, 0.05) is 24.6 Å². The molecule has 2 aromatic rings. The van der Waals surface area contributed by atoms with E-state index in [1.165, 1.54) is 23.4 Å². The van der Waals surface area contributed by atoms with Crippen LogP contribution in [0, 0.1) is 0 Å². The normalized spacial score (nSPS) is 25.0. The molecule has 222 valence electrons. The quantitative estimate of drug-likeness (QED) is 0.424. The molecule has 3 N–H and O–H groups in total. The molecule has 0 saturated carbocycles. The fourth-order valence-electron chi connectivity index (χ4n) is 6.61. The maximum absolute atomic E-state index is 13.5. The zero-order valence-corrected chi connectivity index (χ0v) is 24.5. The minimum absolute atomic E-state index is 0. The molecule has 2 unspecified atom stereocenters. The summed E-state index contributed by atoms with van der Waals surface area (Å²) in [5.74, 6) is 1.63. The fourth-order valence-corrected chi connectivity index (χ4v) is 6.61. The summed E-state index contributed by atoms with van der Waals surface area (Å²) >= 11 is 0. The summed E-state index contributed by atoms with van der Waals surface area (Å²) in [5.41, 5.74) is 3.30. The number of aromatic nitrogens is 1. The maximum atomic E-state index is 13.5. The smallest absolute Gasteiger partial charge is 0.266 e. The molecule has 1 aromatic heterocycles. The van der Waals surface area contributed by atoms with Gasteiger partial charge in [0.05, 0.1) is 18.4 Å². The highest BCUT2D eigenvalue weighted by Gasteiger charge is 2.40. The lowest BCUT2D eigenvalue weighted by Crippen LogP contribution is -2.61. The SMILES string of the molecule is Cl.O=C1CCC(Nc2ccc(C3CCNCC3)nc2)C(=O)N1N1CCCC(Oc2ccc(C3CCNCC3)cc2)C1. The van der Waals surface area contributed by atoms with Crippen LogP contribution in [0.15, 0.2) is 42.6 Å². The predicted molar refractivity (Wildman–Crippen MR) is 161 cm³/mol. The fraction of sp³-hybridized carbons (Fsp3) is 0.581. The topological polar surface area (TPSA) is 98.8 Å². The van der Waals surface area contributed by atoms with Crippen molar-refractivity contribution in [1.29, 1.82) is 0 Å². The first-order chi connectivity index (χ1) is 19.6. The Kier molecular flexibility index (Phi) is 10.1. The largest absolute Gasteiger partial charge is 0.489 e. The van der Waals surface area contributed by atoms with Gasteiger partial charge < -0.3 is 20.7 Å². The first-order valence-electron chi connectivity index (χ1n) is 15.2. The molecule has 1 aromatic carbocycles. The van der Waals surface area contributed by atoms with Crippen LogP contribution in [0.1, 0.15) is 74.5 Å². The predicted octanol–water partition coefficient (Wildman–Crippen LogP) is 3.83. The molecular formula is C31H43ClN6O3. The molecule has 0 aliphatic carbocycles. The molecule has 2 amide bonds. The number of nitrogens with zero attached hydrogens (tertiary/aromatic N) is 3. The van der Waals surface area contributed by atoms with Crippen LogP contribution in [0.5, 0.6) is 5.75 Å². The Labute approximate surface area is 249 Å². The van der Waals surface area contributed by atoms with Crippen LogP contribution in [0.25, 0.3) is 0 Å². The molecule has 4 fully saturated rings. The Morgan fingerprint density at radius 1 is 0.854 bits per heavy atom. The number of amides is 2. The number of benzene rings is 1. The van der Waals surface area contributed by atoms with Crippen LogP contribution in [0.4, 0.5) is 5.69 Å². The number of hydrogen-bond acceptors (Lipinski definition) is 8. The number of pyridine rings is 1. The summed E-state index contributed by atoms with van der Waals surface area (Å²) < 4.78 is 6.34. The number of halogens is 1. The average molecular weight is 583 g/mol. The molecule has 4 aliphatic rings. The monoisotopic (exact) mass is 582 g/mol. The lowest BCUT2D eigenvalue weighted by molar-refractivity contribution is -0.173. The first-order valence-corrected chi connectivity index (χ1v) is 15.2. The van der Waals surface area contributed by atoms with Crippen LogP contribution in [0.2, 0.25) is 0 Å². The van der Waals surface area contributed by atoms with Crippen LogP contribution in [-0.4, -0.2) is 78.2 Å². The highest BCUT2D eigenvalue weighted by molar-refractivity contribution is 6.01. The molecule has 6 rings (SSSR count). The van der Waals surface area contributed by atoms with Crippen molar-refractivity contribution in [2.24, 2.45) is 0 Å². The second-order valence-electron chi connectivity index (χ2n) is 11.7. The van der Waals surface area contributed by atoms with Gasteiger partial charge in [0.1, 0.15) is 17.9 Å². The zero-order valence-electron chi connectivity index (χ0n) is 23.7. The van der Waals surface area contributed by atoms with Crippen molar-refractivity contribution in [2.75, 3.05) is 44.6 Å². The van der Waals surface area contributed by atoms with Crippen molar-refractivity contribution in [1.82, 2.24) is 25.6 Å². The molecule has 5 heterocycles. The Morgan fingerprint density at radius 3 is 2.24 bits per heavy atom. The number of ether oxygens (including phenoxy) is 1. The summed E-state index contributed by atoms with van der Waals surface area (Å²) in [4.78, 5) is 31.2. The number of imide groups is 1. The molecule has 10 heteroatoms. The molecule has 4 saturated heterocycles. The Bertz CT molecular complexity index is 1150. The second-order valence-corrected chi connectivity index (χ2v) is 11.7. The van der Waals surface area contributed by atoms with Crippen LogP contribution < -0.4 is 20.7 Å². The molecule has 4 aliphatic heterocycles. The summed E-state index contributed by atoms with van der Waals surface area (Å²) in [6, 6.07) is 12.1. The van der Waals surface area contributed by atoms with E-state index in [0.717, 1.165) is 69.0 Å². The summed E-state index contributed by atoms with van der Waals surface area (Å²) in [7, 11) is 0. The number of nitrogens with one attached hydrogen (secondary N) is 3. The van der Waals surface area contributed by atoms with E-state index in [4.69, 9.17) is 4.74 Å². The third-order valence-corrected chi connectivity index (χ3v) is 8.91. The average Bonchev–Trinajstić information content (AvgIpc) is 3.01. The molecule has 41 heavy (non-hydrogen) atoms. The molecule has 0 spiro atoms. The van der Waals surface area contributed by atoms with Crippen LogP contribution in [0.3, 0.4) is 0 Å². The van der Waals surface area contributed by atoms with Crippen molar-refractivity contribution >= 4 is 29.9 Å². The van der Waals surface area contributed by atoms with Gasteiger partial charge >= 0.3 is 0 Å². The van der Waals surface area contributed by atoms with Gasteiger partial charge in [-0.1, -0.05) is 12.1 Å². The van der Waals surface area contributed by atoms with Gasteiger partial charge in [-0.3, -0.25) is 14.6 Å². The Morgan fingerprint density at radius 2 is 1.56 bits per heavy atom. The van der Waals surface area contributed by atoms with Gasteiger partial charge in [0.2, 0.25) is 5.91 Å². The highest BCUT2D eigenvalue weighted by Crippen LogP contribution is 2.29. The van der Waals surface area contributed by atoms with E-state index in [2.05, 4.69) is 51.3 Å². The number of piperidine rings is 4. The minimum atomic E-state index is -0.451. The molecule has 0 bridgehead atoms. The standard InChI is InChI=1S/C31H42N6O3.ClH/c38-30-10-9-29(35-25-5-8-28(34-20-25)24-13-17-33-18-14-24)31(39)37(30)36-19-1-2-27(21-36)40-26-6-3-22(4-7-26)23-11-15-32-16-12-23;/h3-8,20,23-24,27,29,32-33,35H,1-2,9-19,21H2;1H. The minimum Gasteiger partial charge on any atom is -0.489 e. The molecular weight excluding hydrogens is 540 g/mol. The van der Waals surface area contributed by atoms with Gasteiger partial charge in [0.15, 0.2) is 0 Å². The molecule has 0 radical (unpaired) electrons. The summed E-state index contributed by atoms with van der Waals surface area (Å²) in [6.07, 6.45) is 8.90. The van der Waals surface area contributed by atoms with E-state index in [-0.39, 0.29) is 30.3 Å². The third kappa shape index (κ3) is 7.20. The van der Waals surface area contributed by atoms with Gasteiger partial charge in [-0.05, 0) is 107 Å². The van der Waals surface area contributed by atoms with Crippen molar-refractivity contribution in [3.63, 3.8) is 0 Å². The lowest BCUT2D eigenvalue weighted by atomic mass is 9.90. The zero-order chi connectivity index (χ0) is 27.3. The van der Waals surface area contributed by atoms with Crippen LogP contribution >= 0.6 is 12.4 Å². The maximum Gasteiger partial charge on any atom is 0.266 e. The van der Waals surface area contributed by atoms with Gasteiger partial charge in [-0.15, -0.1) is 12.4 Å². The number of hydrazine groups is 1. The molecule has 2 atom stereocenters. The van der Waals surface area contributed by atoms with E-state index in [1.807, 2.05) is 17.3 Å². The van der Waals surface area contributed by atoms with Crippen LogP contribution in [-0.2, 0) is 9.59 Å². The number of anilines is 1. The highest BCUT2D eigenvalue weighted by atomic mass is 35.5. The van der Waals surface area contributed by atoms with E-state index >= 15 is 0 Å². The van der Waals surface area contributed by atoms with E-state index < -0.39 is 6.04 Å². The summed E-state index contributed by atoms with van der Waals surface area (Å²) in [6.45, 7) is 5.40. The van der Waals surface area contributed by atoms with Crippen molar-refractivity contribution < 1.29 is 14.3 Å². The second kappa shape index (κ2) is 14.0. The van der Waals surface area contributed by atoms with Crippen molar-refractivity contribution in [2.45, 2.75) is 75.3 Å². The number of rotatable bonds is 7. The molecule has 9 nitrogen and oxygen atoms in total. The van der Waals surface area contributed by atoms with Gasteiger partial charge in [-0.2, -0.15) is 0 Å². The number of carbonyl (C=O) groups is 2. The van der Waals surface area contributed by atoms with Gasteiger partial charge in [0.25, 0.3) is 5.91 Å². The van der Waals surface area contributed by atoms with E-state index in [1.54, 1.807) is 0 Å². The van der Waals surface area contributed by atoms with Gasteiger partial charge in [-0.25, -0.2) is 10.0 Å². The Hall–Kier alpha value is -2.72. The third-order valence-electron chi connectivity index (χ3n) is 8.91. The van der Waals surface area contributed by atoms with Crippen molar-refractivity contribution in [3.05, 3.63) is 53.9 Å². The number of hydrogen-bond donors (Lipinski definition) is 3. The Balaban J connectivity index is 0.00000337. The first kappa shape index (κ1) is 29.8. The van der Waals surface area contributed by atoms with E-state index in [9.17, 15) is 9.59 Å². The summed E-state index contributed by atoms with van der Waals surface area (Å²) in [5, 5.41) is 13.5.